The monoisotopic (exact) mass is 381 g/mol. The van der Waals surface area contributed by atoms with Crippen molar-refractivity contribution in [2.45, 2.75) is 71.1 Å². The fourth-order valence-electron chi connectivity index (χ4n) is 3.12. The molecule has 0 amide bonds. The van der Waals surface area contributed by atoms with Gasteiger partial charge >= 0.3 is 0 Å². The molecule has 2 aromatic carbocycles. The molecule has 0 saturated carbocycles. The first-order valence-corrected chi connectivity index (χ1v) is 10.8. The molecule has 0 bridgehead atoms. The Labute approximate surface area is 170 Å². The Balaban J connectivity index is 1.54. The first-order chi connectivity index (χ1) is 13.8. The largest absolute Gasteiger partial charge is 0.508 e. The fraction of sp³-hybridized carbons (Fsp3) is 0.480. The van der Waals surface area contributed by atoms with Crippen molar-refractivity contribution in [1.82, 2.24) is 0 Å². The lowest BCUT2D eigenvalue weighted by Crippen LogP contribution is -1.97. The molecule has 0 aliphatic carbocycles. The topological polar surface area (TPSA) is 41.8 Å². The van der Waals surface area contributed by atoms with Crippen LogP contribution in [0.1, 0.15) is 76.7 Å². The van der Waals surface area contributed by atoms with Gasteiger partial charge in [0.05, 0.1) is 12.3 Å². The molecule has 0 heterocycles. The van der Waals surface area contributed by atoms with E-state index in [0.29, 0.717) is 0 Å². The van der Waals surface area contributed by atoms with Crippen LogP contribution in [0.4, 0.5) is 5.69 Å². The van der Waals surface area contributed by atoms with E-state index >= 15 is 0 Å². The van der Waals surface area contributed by atoms with Crippen molar-refractivity contribution in [3.05, 3.63) is 54.1 Å². The van der Waals surface area contributed by atoms with Gasteiger partial charge in [-0.15, -0.1) is 0 Å². The van der Waals surface area contributed by atoms with Crippen molar-refractivity contribution in [3.8, 4) is 11.5 Å². The first kappa shape index (κ1) is 22.0. The van der Waals surface area contributed by atoms with Crippen molar-refractivity contribution in [2.24, 2.45) is 4.99 Å². The number of ether oxygens (including phenoxy) is 1. The number of aromatic hydroxyl groups is 1. The molecule has 0 fully saturated rings. The van der Waals surface area contributed by atoms with Crippen molar-refractivity contribution in [2.75, 3.05) is 6.61 Å². The van der Waals surface area contributed by atoms with Crippen LogP contribution in [0.25, 0.3) is 0 Å². The molecule has 2 rings (SSSR count). The number of phenolic OH excluding ortho intramolecular Hbond substituents is 1. The predicted octanol–water partition coefficient (Wildman–Crippen LogP) is 7.44. The minimum absolute atomic E-state index is 0.265. The van der Waals surface area contributed by atoms with Crippen LogP contribution >= 0.6 is 0 Å². The highest BCUT2D eigenvalue weighted by atomic mass is 16.5. The van der Waals surface area contributed by atoms with E-state index in [1.807, 2.05) is 36.4 Å². The summed E-state index contributed by atoms with van der Waals surface area (Å²) >= 11 is 0. The Bertz CT molecular complexity index is 662. The molecule has 0 atom stereocenters. The minimum atomic E-state index is 0.265. The molecular formula is C25H35NO2. The lowest BCUT2D eigenvalue weighted by molar-refractivity contribution is 0.304. The zero-order chi connectivity index (χ0) is 19.9. The lowest BCUT2D eigenvalue weighted by atomic mass is 10.1. The number of aliphatic imine (C=N–C) groups is 1. The third-order valence-corrected chi connectivity index (χ3v) is 4.86. The maximum atomic E-state index is 9.29. The number of nitrogens with zero attached hydrogens (tertiary/aromatic N) is 1. The lowest BCUT2D eigenvalue weighted by Gasteiger charge is -2.06. The Morgan fingerprint density at radius 2 is 1.32 bits per heavy atom. The highest BCUT2D eigenvalue weighted by molar-refractivity contribution is 5.82. The van der Waals surface area contributed by atoms with E-state index < -0.39 is 0 Å². The Kier molecular flexibility index (Phi) is 10.9. The average Bonchev–Trinajstić information content (AvgIpc) is 2.72. The van der Waals surface area contributed by atoms with Crippen LogP contribution in [0.3, 0.4) is 0 Å². The van der Waals surface area contributed by atoms with Gasteiger partial charge in [0, 0.05) is 6.21 Å². The van der Waals surface area contributed by atoms with Gasteiger partial charge in [-0.05, 0) is 60.5 Å². The summed E-state index contributed by atoms with van der Waals surface area (Å²) in [5, 5.41) is 9.29. The van der Waals surface area contributed by atoms with E-state index in [-0.39, 0.29) is 5.75 Å². The third kappa shape index (κ3) is 9.59. The molecule has 2 aromatic rings. The molecule has 0 saturated heterocycles. The van der Waals surface area contributed by atoms with Gasteiger partial charge in [-0.3, -0.25) is 4.99 Å². The normalized spacial score (nSPS) is 11.2. The minimum Gasteiger partial charge on any atom is -0.508 e. The Hall–Kier alpha value is -2.29. The molecule has 0 aliphatic heterocycles. The molecule has 0 spiro atoms. The average molecular weight is 382 g/mol. The zero-order valence-corrected chi connectivity index (χ0v) is 17.3. The van der Waals surface area contributed by atoms with Crippen LogP contribution in [0.2, 0.25) is 0 Å². The summed E-state index contributed by atoms with van der Waals surface area (Å²) in [5.41, 5.74) is 1.85. The molecule has 0 radical (unpaired) electrons. The van der Waals surface area contributed by atoms with Gasteiger partial charge in [-0.2, -0.15) is 0 Å². The quantitative estimate of drug-likeness (QED) is 0.273. The van der Waals surface area contributed by atoms with Crippen LogP contribution < -0.4 is 4.74 Å². The maximum absolute atomic E-state index is 9.29. The summed E-state index contributed by atoms with van der Waals surface area (Å²) < 4.78 is 5.83. The highest BCUT2D eigenvalue weighted by Gasteiger charge is 1.96. The second-order valence-corrected chi connectivity index (χ2v) is 7.37. The van der Waals surface area contributed by atoms with Gasteiger partial charge in [0.2, 0.25) is 0 Å². The molecule has 0 unspecified atom stereocenters. The van der Waals surface area contributed by atoms with Crippen LogP contribution in [0, 0.1) is 0 Å². The van der Waals surface area contributed by atoms with E-state index in [4.69, 9.17) is 4.74 Å². The second kappa shape index (κ2) is 13.8. The smallest absolute Gasteiger partial charge is 0.119 e. The van der Waals surface area contributed by atoms with Crippen molar-refractivity contribution < 1.29 is 9.84 Å². The molecule has 0 aliphatic rings. The zero-order valence-electron chi connectivity index (χ0n) is 17.3. The molecule has 28 heavy (non-hydrogen) atoms. The number of rotatable bonds is 14. The van der Waals surface area contributed by atoms with Crippen molar-refractivity contribution in [3.63, 3.8) is 0 Å². The van der Waals surface area contributed by atoms with Gasteiger partial charge in [0.1, 0.15) is 11.5 Å². The summed E-state index contributed by atoms with van der Waals surface area (Å²) in [7, 11) is 0. The molecule has 3 nitrogen and oxygen atoms in total. The maximum Gasteiger partial charge on any atom is 0.119 e. The van der Waals surface area contributed by atoms with Gasteiger partial charge in [-0.1, -0.05) is 64.7 Å². The van der Waals surface area contributed by atoms with Crippen LogP contribution in [0.15, 0.2) is 53.5 Å². The first-order valence-electron chi connectivity index (χ1n) is 10.8. The van der Waals surface area contributed by atoms with Crippen LogP contribution in [-0.4, -0.2) is 17.9 Å². The van der Waals surface area contributed by atoms with E-state index in [1.165, 1.54) is 57.8 Å². The second-order valence-electron chi connectivity index (χ2n) is 7.37. The SMILES string of the molecule is CCCCCCCCCCCCOc1ccc(N=Cc2ccc(O)cc2)cc1. The Morgan fingerprint density at radius 3 is 1.93 bits per heavy atom. The summed E-state index contributed by atoms with van der Waals surface area (Å²) in [5.74, 6) is 1.17. The van der Waals surface area contributed by atoms with Gasteiger partial charge in [0.15, 0.2) is 0 Å². The molecule has 152 valence electrons. The third-order valence-electron chi connectivity index (χ3n) is 4.86. The van der Waals surface area contributed by atoms with Crippen molar-refractivity contribution >= 4 is 11.9 Å². The highest BCUT2D eigenvalue weighted by Crippen LogP contribution is 2.19. The van der Waals surface area contributed by atoms with E-state index in [1.54, 1.807) is 18.3 Å². The summed E-state index contributed by atoms with van der Waals surface area (Å²) in [6.45, 7) is 3.05. The molecule has 1 N–H and O–H groups in total. The summed E-state index contributed by atoms with van der Waals surface area (Å²) in [6.07, 6.45) is 15.2. The number of hydrogen-bond donors (Lipinski definition) is 1. The summed E-state index contributed by atoms with van der Waals surface area (Å²) in [4.78, 5) is 4.45. The standard InChI is InChI=1S/C25H35NO2/c1-2-3-4-5-6-7-8-9-10-11-20-28-25-18-14-23(15-19-25)26-21-22-12-16-24(27)17-13-22/h12-19,21,27H,2-11,20H2,1H3. The Morgan fingerprint density at radius 1 is 0.750 bits per heavy atom. The molecule has 0 aromatic heterocycles. The van der Waals surface area contributed by atoms with Gasteiger partial charge in [0.25, 0.3) is 0 Å². The van der Waals surface area contributed by atoms with E-state index in [2.05, 4.69) is 11.9 Å². The number of unbranched alkanes of at least 4 members (excludes halogenated alkanes) is 9. The van der Waals surface area contributed by atoms with Gasteiger partial charge in [-0.25, -0.2) is 0 Å². The van der Waals surface area contributed by atoms with Gasteiger partial charge < -0.3 is 9.84 Å². The van der Waals surface area contributed by atoms with E-state index in [9.17, 15) is 5.11 Å². The van der Waals surface area contributed by atoms with E-state index in [0.717, 1.165) is 30.0 Å². The predicted molar refractivity (Wildman–Crippen MR) is 119 cm³/mol. The molecule has 3 heteroatoms. The number of hydrogen-bond acceptors (Lipinski definition) is 3. The van der Waals surface area contributed by atoms with Crippen LogP contribution in [-0.2, 0) is 0 Å². The molecular weight excluding hydrogens is 346 g/mol. The van der Waals surface area contributed by atoms with Crippen LogP contribution in [0.5, 0.6) is 11.5 Å². The number of benzene rings is 2. The fourth-order valence-corrected chi connectivity index (χ4v) is 3.12. The number of phenols is 1. The van der Waals surface area contributed by atoms with Crippen molar-refractivity contribution in [1.29, 1.82) is 0 Å². The summed E-state index contributed by atoms with van der Waals surface area (Å²) in [6, 6.07) is 14.9.